The zero-order valence-corrected chi connectivity index (χ0v) is 18.5. The molecule has 1 aliphatic carbocycles. The Morgan fingerprint density at radius 1 is 1.23 bits per heavy atom. The van der Waals surface area contributed by atoms with E-state index in [1.54, 1.807) is 27.7 Å². The molecule has 162 valence electrons. The fraction of sp³-hybridized carbons (Fsp3) is 0.591. The second kappa shape index (κ2) is 6.61. The van der Waals surface area contributed by atoms with Crippen molar-refractivity contribution < 1.29 is 24.3 Å². The van der Waals surface area contributed by atoms with Gasteiger partial charge in [0.1, 0.15) is 11.1 Å². The van der Waals surface area contributed by atoms with Crippen molar-refractivity contribution in [3.63, 3.8) is 0 Å². The topological polar surface area (TPSA) is 88.4 Å². The van der Waals surface area contributed by atoms with E-state index in [9.17, 15) is 14.7 Å². The molecule has 2 aliphatic heterocycles. The minimum atomic E-state index is -1.43. The Kier molecular flexibility index (Phi) is 4.62. The molecule has 0 radical (unpaired) electrons. The monoisotopic (exact) mass is 434 g/mol. The summed E-state index contributed by atoms with van der Waals surface area (Å²) in [6.07, 6.45) is 1.90. The average molecular weight is 435 g/mol. The first-order chi connectivity index (χ1) is 13.9. The van der Waals surface area contributed by atoms with Crippen LogP contribution in [-0.2, 0) is 19.8 Å². The predicted molar refractivity (Wildman–Crippen MR) is 112 cm³/mol. The Hall–Kier alpha value is -2.28. The van der Waals surface area contributed by atoms with Crippen molar-refractivity contribution in [3.8, 4) is 0 Å². The van der Waals surface area contributed by atoms with Gasteiger partial charge in [-0.2, -0.15) is 0 Å². The van der Waals surface area contributed by atoms with Gasteiger partial charge in [0.05, 0.1) is 12.3 Å². The van der Waals surface area contributed by atoms with Gasteiger partial charge in [0, 0.05) is 23.3 Å². The summed E-state index contributed by atoms with van der Waals surface area (Å²) >= 11 is 6.03. The third-order valence-electron chi connectivity index (χ3n) is 6.32. The summed E-state index contributed by atoms with van der Waals surface area (Å²) in [4.78, 5) is 32.1. The summed E-state index contributed by atoms with van der Waals surface area (Å²) in [7, 11) is 0. The average Bonchev–Trinajstić information content (AvgIpc) is 3.25. The maximum Gasteiger partial charge on any atom is 0.411 e. The van der Waals surface area contributed by atoms with E-state index in [0.29, 0.717) is 11.4 Å². The highest BCUT2D eigenvalue weighted by atomic mass is 35.5. The lowest BCUT2D eigenvalue weighted by atomic mass is 9.82. The van der Waals surface area contributed by atoms with Crippen LogP contribution in [-0.4, -0.2) is 51.1 Å². The van der Waals surface area contributed by atoms with Crippen LogP contribution in [0.3, 0.4) is 0 Å². The number of amides is 1. The van der Waals surface area contributed by atoms with Gasteiger partial charge in [-0.1, -0.05) is 28.9 Å². The molecule has 3 aliphatic rings. The smallest absolute Gasteiger partial charge is 0.411 e. The molecule has 1 saturated carbocycles. The number of hydrogen-bond acceptors (Lipinski definition) is 5. The van der Waals surface area contributed by atoms with E-state index in [0.717, 1.165) is 24.1 Å². The Morgan fingerprint density at radius 2 is 1.87 bits per heavy atom. The van der Waals surface area contributed by atoms with Crippen molar-refractivity contribution in [1.29, 1.82) is 0 Å². The minimum Gasteiger partial charge on any atom is -0.480 e. The summed E-state index contributed by atoms with van der Waals surface area (Å²) in [5.41, 5.74) is -1.16. The van der Waals surface area contributed by atoms with Crippen LogP contribution in [0.4, 0.5) is 4.79 Å². The van der Waals surface area contributed by atoms with Crippen LogP contribution in [0.25, 0.3) is 0 Å². The Balaban J connectivity index is 1.57. The van der Waals surface area contributed by atoms with E-state index in [1.165, 1.54) is 4.90 Å². The molecule has 0 aromatic heterocycles. The van der Waals surface area contributed by atoms with Crippen LogP contribution >= 0.6 is 11.6 Å². The number of ether oxygens (including phenoxy) is 1. The van der Waals surface area contributed by atoms with Gasteiger partial charge >= 0.3 is 12.1 Å². The van der Waals surface area contributed by atoms with Crippen molar-refractivity contribution in [3.05, 3.63) is 34.9 Å². The Labute approximate surface area is 181 Å². The molecule has 4 rings (SSSR count). The van der Waals surface area contributed by atoms with E-state index in [4.69, 9.17) is 21.2 Å². The van der Waals surface area contributed by atoms with Gasteiger partial charge in [0.2, 0.25) is 0 Å². The number of likely N-dealkylation sites (tertiary alicyclic amines) is 1. The van der Waals surface area contributed by atoms with Crippen LogP contribution < -0.4 is 0 Å². The zero-order chi connectivity index (χ0) is 21.9. The molecule has 30 heavy (non-hydrogen) atoms. The molecule has 2 heterocycles. The number of aliphatic carboxylic acids is 1. The molecule has 1 N–H and O–H groups in total. The summed E-state index contributed by atoms with van der Waals surface area (Å²) in [5, 5.41) is 15.0. The van der Waals surface area contributed by atoms with Crippen molar-refractivity contribution in [2.75, 3.05) is 6.54 Å². The summed E-state index contributed by atoms with van der Waals surface area (Å²) in [6, 6.07) is 7.74. The summed E-state index contributed by atoms with van der Waals surface area (Å²) in [6.45, 7) is 6.93. The Bertz CT molecular complexity index is 918. The van der Waals surface area contributed by atoms with Gasteiger partial charge in [-0.25, -0.2) is 9.59 Å². The van der Waals surface area contributed by atoms with E-state index < -0.39 is 28.8 Å². The Morgan fingerprint density at radius 3 is 2.40 bits per heavy atom. The van der Waals surface area contributed by atoms with E-state index in [-0.39, 0.29) is 18.4 Å². The van der Waals surface area contributed by atoms with Crippen molar-refractivity contribution in [1.82, 2.24) is 4.90 Å². The normalized spacial score (nSPS) is 29.5. The van der Waals surface area contributed by atoms with Gasteiger partial charge < -0.3 is 14.7 Å². The molecule has 7 nitrogen and oxygen atoms in total. The maximum atomic E-state index is 12.8. The molecule has 1 aromatic rings. The SMILES string of the molecule is CC(C)(C)OC(=O)N1C[C@@]2(CC(C3(c4ccc(Cl)cc4)CC3)=NO2)C[C@@]1(C)C(=O)O. The number of carboxylic acids is 1. The quantitative estimate of drug-likeness (QED) is 0.763. The molecule has 8 heteroatoms. The number of carbonyl (C=O) groups is 2. The van der Waals surface area contributed by atoms with Crippen LogP contribution in [0.1, 0.15) is 58.9 Å². The second-order valence-corrected chi connectivity index (χ2v) is 10.3. The zero-order valence-electron chi connectivity index (χ0n) is 17.7. The largest absolute Gasteiger partial charge is 0.480 e. The predicted octanol–water partition coefficient (Wildman–Crippen LogP) is 4.37. The fourth-order valence-corrected chi connectivity index (χ4v) is 4.74. The van der Waals surface area contributed by atoms with Gasteiger partial charge in [-0.05, 0) is 58.2 Å². The number of rotatable bonds is 3. The van der Waals surface area contributed by atoms with Crippen LogP contribution in [0.5, 0.6) is 0 Å². The highest BCUT2D eigenvalue weighted by Gasteiger charge is 2.64. The molecule has 0 bridgehead atoms. The highest BCUT2D eigenvalue weighted by Crippen LogP contribution is 2.55. The molecule has 1 saturated heterocycles. The molecule has 1 spiro atoms. The third-order valence-corrected chi connectivity index (χ3v) is 6.57. The number of nitrogens with zero attached hydrogens (tertiary/aromatic N) is 2. The van der Waals surface area contributed by atoms with Crippen molar-refractivity contribution in [2.45, 2.75) is 75.5 Å². The third kappa shape index (κ3) is 3.43. The van der Waals surface area contributed by atoms with Crippen LogP contribution in [0, 0.1) is 0 Å². The highest BCUT2D eigenvalue weighted by molar-refractivity contribution is 6.30. The van der Waals surface area contributed by atoms with E-state index in [2.05, 4.69) is 5.16 Å². The van der Waals surface area contributed by atoms with Gasteiger partial charge in [0.15, 0.2) is 5.60 Å². The van der Waals surface area contributed by atoms with Crippen molar-refractivity contribution in [2.24, 2.45) is 5.16 Å². The van der Waals surface area contributed by atoms with E-state index in [1.807, 2.05) is 24.3 Å². The molecule has 2 fully saturated rings. The molecule has 0 unspecified atom stereocenters. The second-order valence-electron chi connectivity index (χ2n) is 9.90. The lowest BCUT2D eigenvalue weighted by molar-refractivity contribution is -0.148. The molecular weight excluding hydrogens is 408 g/mol. The lowest BCUT2D eigenvalue weighted by Gasteiger charge is -2.32. The lowest BCUT2D eigenvalue weighted by Crippen LogP contribution is -2.52. The number of hydrogen-bond donors (Lipinski definition) is 1. The standard InChI is InChI=1S/C22H27ClN2O5/c1-19(2,3)29-18(28)25-13-21(12-20(25,4)17(26)27)11-16(24-30-21)22(9-10-22)14-5-7-15(23)8-6-14/h5-8H,9-13H2,1-4H3,(H,26,27)/t20-,21+/m0/s1. The van der Waals surface area contributed by atoms with Gasteiger partial charge in [-0.15, -0.1) is 0 Å². The first-order valence-corrected chi connectivity index (χ1v) is 10.5. The summed E-state index contributed by atoms with van der Waals surface area (Å²) < 4.78 is 5.48. The maximum absolute atomic E-state index is 12.8. The minimum absolute atomic E-state index is 0.119. The first kappa shape index (κ1) is 21.0. The van der Waals surface area contributed by atoms with E-state index >= 15 is 0 Å². The van der Waals surface area contributed by atoms with Crippen LogP contribution in [0.15, 0.2) is 29.4 Å². The van der Waals surface area contributed by atoms with Gasteiger partial charge in [-0.3, -0.25) is 4.90 Å². The number of oxime groups is 1. The summed E-state index contributed by atoms with van der Waals surface area (Å²) in [5.74, 6) is -1.08. The van der Waals surface area contributed by atoms with Gasteiger partial charge in [0.25, 0.3) is 0 Å². The number of benzene rings is 1. The van der Waals surface area contributed by atoms with Crippen molar-refractivity contribution >= 4 is 29.4 Å². The fourth-order valence-electron chi connectivity index (χ4n) is 4.61. The number of halogens is 1. The first-order valence-electron chi connectivity index (χ1n) is 10.1. The molecule has 2 atom stereocenters. The molecule has 1 aromatic carbocycles. The number of carbonyl (C=O) groups excluding carboxylic acids is 1. The molecule has 1 amide bonds. The van der Waals surface area contributed by atoms with Crippen LogP contribution in [0.2, 0.25) is 5.02 Å². The molecular formula is C22H27ClN2O5. The number of carboxylic acid groups (broad SMARTS) is 1.